The first-order valence-electron chi connectivity index (χ1n) is 12.4. The van der Waals surface area contributed by atoms with Gasteiger partial charge >= 0.3 is 0 Å². The maximum absolute atomic E-state index is 13.5. The van der Waals surface area contributed by atoms with E-state index in [1.165, 1.54) is 0 Å². The number of fused-ring (bicyclic) bond motifs is 1. The van der Waals surface area contributed by atoms with Gasteiger partial charge in [-0.3, -0.25) is 9.36 Å². The van der Waals surface area contributed by atoms with E-state index in [4.69, 9.17) is 15.5 Å². The van der Waals surface area contributed by atoms with E-state index in [0.29, 0.717) is 39.9 Å². The summed E-state index contributed by atoms with van der Waals surface area (Å²) in [5.74, 6) is 0.945. The molecule has 10 heteroatoms. The van der Waals surface area contributed by atoms with Crippen molar-refractivity contribution in [2.75, 3.05) is 56.3 Å². The molecule has 1 fully saturated rings. The SMILES string of the molecule is COc1cc(N2CCN(C)CC2)ccc1Nc1ncc2nc(C(C)C)c(=O)n(-c3cccc(N)c3)c2n1. The summed E-state index contributed by atoms with van der Waals surface area (Å²) in [6.45, 7) is 7.85. The van der Waals surface area contributed by atoms with Crippen molar-refractivity contribution in [2.24, 2.45) is 0 Å². The molecule has 1 aliphatic heterocycles. The minimum Gasteiger partial charge on any atom is -0.494 e. The second-order valence-electron chi connectivity index (χ2n) is 9.59. The van der Waals surface area contributed by atoms with Gasteiger partial charge in [-0.2, -0.15) is 4.98 Å². The third-order valence-electron chi connectivity index (χ3n) is 6.60. The average Bonchev–Trinajstić information content (AvgIpc) is 2.89. The van der Waals surface area contributed by atoms with Crippen LogP contribution >= 0.6 is 0 Å². The van der Waals surface area contributed by atoms with Crippen LogP contribution in [0.25, 0.3) is 16.9 Å². The number of nitrogens with one attached hydrogen (secondary N) is 1. The Morgan fingerprint density at radius 3 is 2.51 bits per heavy atom. The van der Waals surface area contributed by atoms with Gasteiger partial charge in [-0.25, -0.2) is 9.97 Å². The van der Waals surface area contributed by atoms with Gasteiger partial charge in [0.1, 0.15) is 17.0 Å². The molecule has 0 bridgehead atoms. The van der Waals surface area contributed by atoms with Crippen LogP contribution in [0.5, 0.6) is 5.75 Å². The van der Waals surface area contributed by atoms with Crippen LogP contribution in [0.15, 0.2) is 53.5 Å². The number of hydrogen-bond donors (Lipinski definition) is 2. The summed E-state index contributed by atoms with van der Waals surface area (Å²) in [5.41, 5.74) is 10.2. The Bertz CT molecular complexity index is 1490. The monoisotopic (exact) mass is 500 g/mol. The van der Waals surface area contributed by atoms with Gasteiger partial charge in [0.25, 0.3) is 5.56 Å². The maximum Gasteiger partial charge on any atom is 0.278 e. The van der Waals surface area contributed by atoms with Gasteiger partial charge in [-0.15, -0.1) is 0 Å². The third-order valence-corrected chi connectivity index (χ3v) is 6.60. The molecular weight excluding hydrogens is 468 g/mol. The van der Waals surface area contributed by atoms with Crippen LogP contribution in [0.2, 0.25) is 0 Å². The zero-order chi connectivity index (χ0) is 26.1. The van der Waals surface area contributed by atoms with E-state index in [1.54, 1.807) is 30.0 Å². The van der Waals surface area contributed by atoms with Crippen molar-refractivity contribution in [1.29, 1.82) is 0 Å². The number of nitrogen functional groups attached to an aromatic ring is 1. The Morgan fingerprint density at radius 1 is 1.03 bits per heavy atom. The first-order valence-corrected chi connectivity index (χ1v) is 12.4. The zero-order valence-corrected chi connectivity index (χ0v) is 21.6. The van der Waals surface area contributed by atoms with Crippen molar-refractivity contribution in [3.8, 4) is 11.4 Å². The average molecular weight is 501 g/mol. The first kappa shape index (κ1) is 24.5. The Morgan fingerprint density at radius 2 is 1.81 bits per heavy atom. The number of ether oxygens (including phenoxy) is 1. The van der Waals surface area contributed by atoms with E-state index in [1.807, 2.05) is 38.1 Å². The summed E-state index contributed by atoms with van der Waals surface area (Å²) in [4.78, 5) is 31.9. The lowest BCUT2D eigenvalue weighted by Crippen LogP contribution is -2.44. The number of rotatable bonds is 6. The van der Waals surface area contributed by atoms with Crippen LogP contribution in [0.4, 0.5) is 23.0 Å². The fourth-order valence-electron chi connectivity index (χ4n) is 4.50. The number of nitrogens with two attached hydrogens (primary N) is 1. The molecule has 0 spiro atoms. The van der Waals surface area contributed by atoms with Crippen molar-refractivity contribution in [2.45, 2.75) is 19.8 Å². The molecule has 0 radical (unpaired) electrons. The van der Waals surface area contributed by atoms with E-state index in [-0.39, 0.29) is 11.5 Å². The lowest BCUT2D eigenvalue weighted by molar-refractivity contribution is 0.312. The molecule has 1 saturated heterocycles. The van der Waals surface area contributed by atoms with Crippen molar-refractivity contribution in [3.63, 3.8) is 0 Å². The topological polar surface area (TPSA) is 114 Å². The lowest BCUT2D eigenvalue weighted by atomic mass is 10.1. The highest BCUT2D eigenvalue weighted by molar-refractivity contribution is 5.75. The van der Waals surface area contributed by atoms with Gasteiger partial charge in [-0.05, 0) is 37.4 Å². The van der Waals surface area contributed by atoms with Gasteiger partial charge < -0.3 is 25.6 Å². The second-order valence-corrected chi connectivity index (χ2v) is 9.59. The largest absolute Gasteiger partial charge is 0.494 e. The van der Waals surface area contributed by atoms with Crippen molar-refractivity contribution >= 4 is 34.2 Å². The molecule has 0 amide bonds. The van der Waals surface area contributed by atoms with E-state index < -0.39 is 0 Å². The molecule has 5 rings (SSSR count). The molecule has 192 valence electrons. The van der Waals surface area contributed by atoms with Gasteiger partial charge in [0, 0.05) is 49.5 Å². The highest BCUT2D eigenvalue weighted by atomic mass is 16.5. The number of nitrogens with zero attached hydrogens (tertiary/aromatic N) is 6. The fourth-order valence-corrected chi connectivity index (χ4v) is 4.50. The molecule has 2 aromatic heterocycles. The highest BCUT2D eigenvalue weighted by Crippen LogP contribution is 2.32. The molecule has 3 heterocycles. The normalized spacial score (nSPS) is 14.4. The number of benzene rings is 2. The maximum atomic E-state index is 13.5. The van der Waals surface area contributed by atoms with E-state index >= 15 is 0 Å². The quantitative estimate of drug-likeness (QED) is 0.385. The molecule has 0 atom stereocenters. The number of methoxy groups -OCH3 is 1. The van der Waals surface area contributed by atoms with Crippen LogP contribution in [-0.2, 0) is 0 Å². The van der Waals surface area contributed by atoms with E-state index in [2.05, 4.69) is 38.2 Å². The van der Waals surface area contributed by atoms with Gasteiger partial charge in [0.2, 0.25) is 5.95 Å². The molecule has 37 heavy (non-hydrogen) atoms. The minimum atomic E-state index is -0.230. The van der Waals surface area contributed by atoms with Crippen molar-refractivity contribution in [3.05, 3.63) is 64.7 Å². The summed E-state index contributed by atoms with van der Waals surface area (Å²) in [7, 11) is 3.78. The number of hydrogen-bond acceptors (Lipinski definition) is 9. The summed E-state index contributed by atoms with van der Waals surface area (Å²) < 4.78 is 7.24. The van der Waals surface area contributed by atoms with Crippen molar-refractivity contribution < 1.29 is 4.74 Å². The predicted octanol–water partition coefficient (Wildman–Crippen LogP) is 3.39. The lowest BCUT2D eigenvalue weighted by Gasteiger charge is -2.34. The summed E-state index contributed by atoms with van der Waals surface area (Å²) in [5, 5.41) is 3.26. The molecule has 4 aromatic rings. The molecule has 10 nitrogen and oxygen atoms in total. The van der Waals surface area contributed by atoms with Gasteiger partial charge in [-0.1, -0.05) is 19.9 Å². The Kier molecular flexibility index (Phi) is 6.66. The fraction of sp³-hybridized carbons (Fsp3) is 0.333. The second kappa shape index (κ2) is 10.1. The van der Waals surface area contributed by atoms with Crippen LogP contribution in [0, 0.1) is 0 Å². The predicted molar refractivity (Wildman–Crippen MR) is 147 cm³/mol. The Hall–Kier alpha value is -4.18. The van der Waals surface area contributed by atoms with Crippen LogP contribution < -0.4 is 26.2 Å². The smallest absolute Gasteiger partial charge is 0.278 e. The summed E-state index contributed by atoms with van der Waals surface area (Å²) >= 11 is 0. The number of anilines is 4. The molecule has 1 aliphatic rings. The Balaban J connectivity index is 1.55. The van der Waals surface area contributed by atoms with E-state index in [0.717, 1.165) is 37.6 Å². The zero-order valence-electron chi connectivity index (χ0n) is 21.6. The van der Waals surface area contributed by atoms with Gasteiger partial charge in [0.15, 0.2) is 5.65 Å². The third kappa shape index (κ3) is 4.92. The Labute approximate surface area is 215 Å². The number of aromatic nitrogens is 4. The molecule has 2 aromatic carbocycles. The molecule has 0 unspecified atom stereocenters. The van der Waals surface area contributed by atoms with E-state index in [9.17, 15) is 4.79 Å². The number of likely N-dealkylation sites (N-methyl/N-ethyl adjacent to an activating group) is 1. The molecule has 0 aliphatic carbocycles. The minimum absolute atomic E-state index is 0.0647. The summed E-state index contributed by atoms with van der Waals surface area (Å²) in [6.07, 6.45) is 1.63. The summed E-state index contributed by atoms with van der Waals surface area (Å²) in [6, 6.07) is 13.2. The van der Waals surface area contributed by atoms with Gasteiger partial charge in [0.05, 0.1) is 24.7 Å². The standard InChI is InChI=1S/C27H32N8O2/c1-17(2)24-26(36)35(20-7-5-6-18(28)14-20)25-22(30-24)16-29-27(32-25)31-21-9-8-19(15-23(21)37-4)34-12-10-33(3)11-13-34/h5-9,14-17H,10-13,28H2,1-4H3,(H,29,31,32). The first-order chi connectivity index (χ1) is 17.8. The van der Waals surface area contributed by atoms with Crippen LogP contribution in [0.1, 0.15) is 25.5 Å². The van der Waals surface area contributed by atoms with Crippen LogP contribution in [0.3, 0.4) is 0 Å². The molecule has 3 N–H and O–H groups in total. The number of piperazine rings is 1. The van der Waals surface area contributed by atoms with Crippen LogP contribution in [-0.4, -0.2) is 64.8 Å². The highest BCUT2D eigenvalue weighted by Gasteiger charge is 2.19. The molecular formula is C27H32N8O2. The molecule has 0 saturated carbocycles. The van der Waals surface area contributed by atoms with Crippen molar-refractivity contribution in [1.82, 2.24) is 24.4 Å².